The van der Waals surface area contributed by atoms with E-state index in [-0.39, 0.29) is 11.9 Å². The molecule has 0 unspecified atom stereocenters. The van der Waals surface area contributed by atoms with Crippen molar-refractivity contribution >= 4 is 5.78 Å². The smallest absolute Gasteiger partial charge is 0.166 e. The number of nitrogens with one attached hydrogen (secondary N) is 1. The third kappa shape index (κ3) is 1.40. The lowest BCUT2D eigenvalue weighted by molar-refractivity contribution is 0.0938. The summed E-state index contributed by atoms with van der Waals surface area (Å²) in [4.78, 5) is 11.8. The van der Waals surface area contributed by atoms with E-state index < -0.39 is 0 Å². The second-order valence-electron chi connectivity index (χ2n) is 4.24. The van der Waals surface area contributed by atoms with E-state index in [1.54, 1.807) is 0 Å². The molecule has 0 aromatic carbocycles. The SMILES string of the molecule is O=C1CCCc2[nH]nc([C@H]3CCCO3)c21. The minimum Gasteiger partial charge on any atom is -0.372 e. The summed E-state index contributed by atoms with van der Waals surface area (Å²) in [6, 6.07) is 0. The van der Waals surface area contributed by atoms with Crippen molar-refractivity contribution in [3.05, 3.63) is 17.0 Å². The minimum absolute atomic E-state index is 0.0482. The highest BCUT2D eigenvalue weighted by Gasteiger charge is 2.30. The molecule has 3 rings (SSSR count). The number of carbonyl (C=O) groups excluding carboxylic acids is 1. The Kier molecular flexibility index (Phi) is 2.09. The van der Waals surface area contributed by atoms with Gasteiger partial charge in [-0.3, -0.25) is 9.89 Å². The Morgan fingerprint density at radius 1 is 1.33 bits per heavy atom. The average Bonchev–Trinajstić information content (AvgIpc) is 2.85. The van der Waals surface area contributed by atoms with Crippen LogP contribution in [0.4, 0.5) is 0 Å². The summed E-state index contributed by atoms with van der Waals surface area (Å²) < 4.78 is 5.58. The molecule has 0 radical (unpaired) electrons. The largest absolute Gasteiger partial charge is 0.372 e. The monoisotopic (exact) mass is 206 g/mol. The molecule has 15 heavy (non-hydrogen) atoms. The van der Waals surface area contributed by atoms with Gasteiger partial charge in [0.1, 0.15) is 11.8 Å². The molecule has 1 atom stereocenters. The van der Waals surface area contributed by atoms with Gasteiger partial charge in [-0.1, -0.05) is 0 Å². The zero-order valence-electron chi connectivity index (χ0n) is 8.58. The van der Waals surface area contributed by atoms with Crippen LogP contribution in [0.5, 0.6) is 0 Å². The Labute approximate surface area is 88.0 Å². The third-order valence-corrected chi connectivity index (χ3v) is 3.21. The molecule has 1 saturated heterocycles. The van der Waals surface area contributed by atoms with Crippen LogP contribution in [-0.4, -0.2) is 22.6 Å². The molecular weight excluding hydrogens is 192 g/mol. The van der Waals surface area contributed by atoms with E-state index in [2.05, 4.69) is 10.2 Å². The van der Waals surface area contributed by atoms with Crippen molar-refractivity contribution in [3.8, 4) is 0 Å². The van der Waals surface area contributed by atoms with Crippen LogP contribution < -0.4 is 0 Å². The van der Waals surface area contributed by atoms with Crippen molar-refractivity contribution < 1.29 is 9.53 Å². The van der Waals surface area contributed by atoms with Crippen LogP contribution in [0.25, 0.3) is 0 Å². The Morgan fingerprint density at radius 2 is 2.27 bits per heavy atom. The van der Waals surface area contributed by atoms with Crippen molar-refractivity contribution in [1.29, 1.82) is 0 Å². The number of ether oxygens (including phenoxy) is 1. The molecule has 1 fully saturated rings. The summed E-state index contributed by atoms with van der Waals surface area (Å²) >= 11 is 0. The Morgan fingerprint density at radius 3 is 3.07 bits per heavy atom. The van der Waals surface area contributed by atoms with Gasteiger partial charge in [0.2, 0.25) is 0 Å². The molecule has 1 aromatic rings. The van der Waals surface area contributed by atoms with Gasteiger partial charge in [-0.15, -0.1) is 0 Å². The molecule has 0 saturated carbocycles. The molecule has 2 aliphatic rings. The fourth-order valence-corrected chi connectivity index (χ4v) is 2.46. The molecule has 4 nitrogen and oxygen atoms in total. The molecule has 4 heteroatoms. The van der Waals surface area contributed by atoms with Crippen LogP contribution in [0.3, 0.4) is 0 Å². The summed E-state index contributed by atoms with van der Waals surface area (Å²) in [5, 5.41) is 7.24. The number of ketones is 1. The molecular formula is C11H14N2O2. The number of aryl methyl sites for hydroxylation is 1. The van der Waals surface area contributed by atoms with Gasteiger partial charge < -0.3 is 4.74 Å². The number of aromatic amines is 1. The number of H-pyrrole nitrogens is 1. The maximum absolute atomic E-state index is 11.8. The lowest BCUT2D eigenvalue weighted by Gasteiger charge is -2.12. The average molecular weight is 206 g/mol. The second-order valence-corrected chi connectivity index (χ2v) is 4.24. The van der Waals surface area contributed by atoms with E-state index in [1.807, 2.05) is 0 Å². The van der Waals surface area contributed by atoms with Crippen molar-refractivity contribution in [1.82, 2.24) is 10.2 Å². The number of rotatable bonds is 1. The number of hydrogen-bond donors (Lipinski definition) is 1. The predicted molar refractivity (Wildman–Crippen MR) is 53.8 cm³/mol. The van der Waals surface area contributed by atoms with Crippen LogP contribution in [0.2, 0.25) is 0 Å². The first-order valence-electron chi connectivity index (χ1n) is 5.58. The van der Waals surface area contributed by atoms with Gasteiger partial charge in [-0.05, 0) is 25.7 Å². The van der Waals surface area contributed by atoms with Crippen molar-refractivity contribution in [2.24, 2.45) is 0 Å². The summed E-state index contributed by atoms with van der Waals surface area (Å²) in [7, 11) is 0. The van der Waals surface area contributed by atoms with Gasteiger partial charge in [0.05, 0.1) is 5.56 Å². The molecule has 80 valence electrons. The normalized spacial score (nSPS) is 25.6. The molecule has 1 aliphatic carbocycles. The topological polar surface area (TPSA) is 55.0 Å². The van der Waals surface area contributed by atoms with Gasteiger partial charge in [0.25, 0.3) is 0 Å². The van der Waals surface area contributed by atoms with Crippen molar-refractivity contribution in [3.63, 3.8) is 0 Å². The number of Topliss-reactive ketones (excluding diaryl/α,β-unsaturated/α-hetero) is 1. The lowest BCUT2D eigenvalue weighted by Crippen LogP contribution is -2.12. The second kappa shape index (κ2) is 3.45. The first kappa shape index (κ1) is 9.09. The maximum atomic E-state index is 11.8. The molecule has 0 amide bonds. The van der Waals surface area contributed by atoms with Crippen LogP contribution in [-0.2, 0) is 11.2 Å². The quantitative estimate of drug-likeness (QED) is 0.762. The predicted octanol–water partition coefficient (Wildman–Crippen LogP) is 1.78. The summed E-state index contributed by atoms with van der Waals surface area (Å²) in [6.07, 6.45) is 4.66. The van der Waals surface area contributed by atoms with Gasteiger partial charge in [-0.2, -0.15) is 5.10 Å². The highest BCUT2D eigenvalue weighted by molar-refractivity contribution is 5.99. The summed E-state index contributed by atoms with van der Waals surface area (Å²) in [5.74, 6) is 0.232. The van der Waals surface area contributed by atoms with Crippen molar-refractivity contribution in [2.45, 2.75) is 38.2 Å². The molecule has 0 spiro atoms. The first-order valence-corrected chi connectivity index (χ1v) is 5.58. The summed E-state index contributed by atoms with van der Waals surface area (Å²) in [6.45, 7) is 0.792. The van der Waals surface area contributed by atoms with Crippen molar-refractivity contribution in [2.75, 3.05) is 6.61 Å². The fraction of sp³-hybridized carbons (Fsp3) is 0.636. The van der Waals surface area contributed by atoms with Crippen LogP contribution in [0, 0.1) is 0 Å². The highest BCUT2D eigenvalue weighted by atomic mass is 16.5. The minimum atomic E-state index is 0.0482. The van der Waals surface area contributed by atoms with Gasteiger partial charge in [-0.25, -0.2) is 0 Å². The van der Waals surface area contributed by atoms with E-state index >= 15 is 0 Å². The number of nitrogens with zero attached hydrogens (tertiary/aromatic N) is 1. The standard InChI is InChI=1S/C11H14N2O2/c14-8-4-1-3-7-10(8)11(13-12-7)9-5-2-6-15-9/h9H,1-6H2,(H,12,13)/t9-/m1/s1. The molecule has 2 heterocycles. The van der Waals surface area contributed by atoms with Crippen LogP contribution >= 0.6 is 0 Å². The third-order valence-electron chi connectivity index (χ3n) is 3.21. The fourth-order valence-electron chi connectivity index (χ4n) is 2.46. The van der Waals surface area contributed by atoms with Gasteiger partial charge >= 0.3 is 0 Å². The Bertz CT molecular complexity index is 391. The molecule has 0 bridgehead atoms. The first-order chi connectivity index (χ1) is 7.36. The van der Waals surface area contributed by atoms with E-state index in [0.717, 1.165) is 49.2 Å². The van der Waals surface area contributed by atoms with E-state index in [4.69, 9.17) is 4.74 Å². The zero-order chi connectivity index (χ0) is 10.3. The van der Waals surface area contributed by atoms with Gasteiger partial charge in [0, 0.05) is 18.7 Å². The molecule has 1 aliphatic heterocycles. The number of carbonyl (C=O) groups is 1. The molecule has 1 aromatic heterocycles. The molecule has 1 N–H and O–H groups in total. The van der Waals surface area contributed by atoms with E-state index in [9.17, 15) is 4.79 Å². The highest BCUT2D eigenvalue weighted by Crippen LogP contribution is 2.33. The van der Waals surface area contributed by atoms with Crippen LogP contribution in [0.1, 0.15) is 53.5 Å². The zero-order valence-corrected chi connectivity index (χ0v) is 8.58. The Hall–Kier alpha value is -1.16. The number of hydrogen-bond acceptors (Lipinski definition) is 3. The maximum Gasteiger partial charge on any atom is 0.166 e. The number of aromatic nitrogens is 2. The van der Waals surface area contributed by atoms with E-state index in [0.29, 0.717) is 6.42 Å². The summed E-state index contributed by atoms with van der Waals surface area (Å²) in [5.41, 5.74) is 2.69. The number of fused-ring (bicyclic) bond motifs is 1. The van der Waals surface area contributed by atoms with Crippen LogP contribution in [0.15, 0.2) is 0 Å². The Balaban J connectivity index is 2.01. The van der Waals surface area contributed by atoms with E-state index in [1.165, 1.54) is 0 Å². The van der Waals surface area contributed by atoms with Gasteiger partial charge in [0.15, 0.2) is 5.78 Å². The lowest BCUT2D eigenvalue weighted by atomic mass is 9.93.